The first kappa shape index (κ1) is 22.9. The molecule has 2 unspecified atom stereocenters. The average Bonchev–Trinajstić information content (AvgIpc) is 2.57. The number of carboxylic acid groups (broad SMARTS) is 1. The maximum atomic E-state index is 12.6. The van der Waals surface area contributed by atoms with E-state index in [4.69, 9.17) is 9.84 Å². The predicted molar refractivity (Wildman–Crippen MR) is 98.3 cm³/mol. The van der Waals surface area contributed by atoms with E-state index in [0.29, 0.717) is 25.5 Å². The Balaban J connectivity index is 2.64. The quantitative estimate of drug-likeness (QED) is 0.566. The van der Waals surface area contributed by atoms with Gasteiger partial charge in [0.15, 0.2) is 0 Å². The lowest BCUT2D eigenvalue weighted by atomic mass is 9.95. The van der Waals surface area contributed by atoms with Gasteiger partial charge in [0.05, 0.1) is 19.0 Å². The molecule has 152 valence electrons. The first-order valence-corrected chi connectivity index (χ1v) is 11.1. The van der Waals surface area contributed by atoms with Crippen molar-refractivity contribution < 1.29 is 27.9 Å². The fourth-order valence-corrected chi connectivity index (χ4v) is 3.85. The Morgan fingerprint density at radius 3 is 2.58 bits per heavy atom. The van der Waals surface area contributed by atoms with Gasteiger partial charge in [0.2, 0.25) is 15.9 Å². The maximum absolute atomic E-state index is 12.6. The minimum Gasteiger partial charge on any atom is -0.480 e. The Kier molecular flexibility index (Phi) is 9.52. The van der Waals surface area contributed by atoms with Crippen molar-refractivity contribution >= 4 is 21.9 Å². The Labute approximate surface area is 156 Å². The van der Waals surface area contributed by atoms with Gasteiger partial charge in [-0.15, -0.1) is 0 Å². The van der Waals surface area contributed by atoms with Crippen LogP contribution in [0.25, 0.3) is 0 Å². The third-order valence-corrected chi connectivity index (χ3v) is 5.90. The first-order valence-electron chi connectivity index (χ1n) is 9.23. The highest BCUT2D eigenvalue weighted by Crippen LogP contribution is 2.19. The molecule has 1 heterocycles. The second kappa shape index (κ2) is 10.8. The second-order valence-electron chi connectivity index (χ2n) is 6.90. The number of aliphatic carboxylic acids is 1. The summed E-state index contributed by atoms with van der Waals surface area (Å²) in [6.07, 6.45) is 5.16. The van der Waals surface area contributed by atoms with Crippen LogP contribution in [0.3, 0.4) is 0 Å². The van der Waals surface area contributed by atoms with Crippen molar-refractivity contribution in [2.45, 2.75) is 52.1 Å². The fraction of sp³-hybridized carbons (Fsp3) is 0.882. The fourth-order valence-electron chi connectivity index (χ4n) is 3.07. The summed E-state index contributed by atoms with van der Waals surface area (Å²) in [4.78, 5) is 25.2. The molecule has 8 nitrogen and oxygen atoms in total. The highest BCUT2D eigenvalue weighted by atomic mass is 32.2. The van der Waals surface area contributed by atoms with E-state index in [1.807, 2.05) is 0 Å². The van der Waals surface area contributed by atoms with Crippen LogP contribution in [-0.2, 0) is 24.3 Å². The Morgan fingerprint density at radius 2 is 2.04 bits per heavy atom. The van der Waals surface area contributed by atoms with Crippen LogP contribution in [0, 0.1) is 5.92 Å². The molecule has 0 spiro atoms. The van der Waals surface area contributed by atoms with Gasteiger partial charge in [-0.25, -0.2) is 8.42 Å². The summed E-state index contributed by atoms with van der Waals surface area (Å²) in [5.74, 6) is -0.797. The lowest BCUT2D eigenvalue weighted by Crippen LogP contribution is -2.51. The molecule has 1 saturated heterocycles. The first-order chi connectivity index (χ1) is 12.2. The molecule has 9 heteroatoms. The molecule has 1 amide bonds. The number of carbonyl (C=O) groups is 2. The lowest BCUT2D eigenvalue weighted by Gasteiger charge is -2.35. The minimum atomic E-state index is -3.66. The summed E-state index contributed by atoms with van der Waals surface area (Å²) in [7, 11) is -3.66. The molecule has 0 aliphatic carbocycles. The number of hydrogen-bond acceptors (Lipinski definition) is 5. The summed E-state index contributed by atoms with van der Waals surface area (Å²) in [6, 6.07) is 0. The Hall–Kier alpha value is -1.19. The third kappa shape index (κ3) is 8.01. The van der Waals surface area contributed by atoms with E-state index in [-0.39, 0.29) is 19.0 Å². The van der Waals surface area contributed by atoms with Gasteiger partial charge in [-0.2, -0.15) is 4.31 Å². The minimum absolute atomic E-state index is 0.0605. The van der Waals surface area contributed by atoms with Gasteiger partial charge in [0, 0.05) is 26.1 Å². The van der Waals surface area contributed by atoms with Crippen molar-refractivity contribution in [2.75, 3.05) is 39.0 Å². The summed E-state index contributed by atoms with van der Waals surface area (Å²) in [6.45, 7) is 4.64. The normalized spacial score (nSPS) is 19.5. The lowest BCUT2D eigenvalue weighted by molar-refractivity contribution is -0.142. The number of sulfonamides is 1. The molecule has 0 radical (unpaired) electrons. The smallest absolute Gasteiger partial charge is 0.318 e. The molecule has 2 atom stereocenters. The number of morpholine rings is 1. The largest absolute Gasteiger partial charge is 0.480 e. The maximum Gasteiger partial charge on any atom is 0.318 e. The molecule has 1 aliphatic heterocycles. The number of nitrogens with zero attached hydrogens (tertiary/aromatic N) is 2. The monoisotopic (exact) mass is 392 g/mol. The van der Waals surface area contributed by atoms with E-state index < -0.39 is 28.6 Å². The number of carboxylic acids is 1. The molecule has 1 fully saturated rings. The van der Waals surface area contributed by atoms with Gasteiger partial charge in [-0.1, -0.05) is 33.1 Å². The zero-order valence-electron chi connectivity index (χ0n) is 16.0. The van der Waals surface area contributed by atoms with Gasteiger partial charge in [0.25, 0.3) is 0 Å². The Morgan fingerprint density at radius 1 is 1.35 bits per heavy atom. The van der Waals surface area contributed by atoms with Crippen molar-refractivity contribution in [3.05, 3.63) is 0 Å². The number of rotatable bonds is 11. The van der Waals surface area contributed by atoms with Crippen LogP contribution in [0.5, 0.6) is 0 Å². The van der Waals surface area contributed by atoms with Crippen molar-refractivity contribution in [3.63, 3.8) is 0 Å². The Bertz CT molecular complexity index is 566. The zero-order chi connectivity index (χ0) is 19.7. The standard InChI is InChI=1S/C17H32N2O6S/c1-4-6-7-14(5-2)10-16(20)18-8-9-25-15(11-18)12-19(13-17(21)22)26(3,23)24/h14-15H,4-13H2,1-3H3,(H,21,22). The van der Waals surface area contributed by atoms with Crippen molar-refractivity contribution in [1.82, 2.24) is 9.21 Å². The molecule has 0 bridgehead atoms. The van der Waals surface area contributed by atoms with Crippen LogP contribution in [-0.4, -0.2) is 79.8 Å². The SMILES string of the molecule is CCCCC(CC)CC(=O)N1CCOC(CN(CC(=O)O)S(C)(=O)=O)C1. The number of unbranched alkanes of at least 4 members (excludes halogenated alkanes) is 1. The average molecular weight is 393 g/mol. The molecule has 0 saturated carbocycles. The van der Waals surface area contributed by atoms with E-state index in [0.717, 1.165) is 36.2 Å². The summed E-state index contributed by atoms with van der Waals surface area (Å²) >= 11 is 0. The summed E-state index contributed by atoms with van der Waals surface area (Å²) in [5.41, 5.74) is 0. The van der Waals surface area contributed by atoms with E-state index in [1.54, 1.807) is 4.90 Å². The van der Waals surface area contributed by atoms with Crippen LogP contribution < -0.4 is 0 Å². The van der Waals surface area contributed by atoms with E-state index in [9.17, 15) is 18.0 Å². The molecule has 1 rings (SSSR count). The highest BCUT2D eigenvalue weighted by molar-refractivity contribution is 7.88. The van der Waals surface area contributed by atoms with Gasteiger partial charge < -0.3 is 14.7 Å². The molecule has 0 aromatic heterocycles. The summed E-state index contributed by atoms with van der Waals surface area (Å²) < 4.78 is 30.0. The van der Waals surface area contributed by atoms with Crippen LogP contribution >= 0.6 is 0 Å². The topological polar surface area (TPSA) is 104 Å². The highest BCUT2D eigenvalue weighted by Gasteiger charge is 2.30. The molecular formula is C17H32N2O6S. The molecule has 1 N–H and O–H groups in total. The van der Waals surface area contributed by atoms with Crippen molar-refractivity contribution in [2.24, 2.45) is 5.92 Å². The van der Waals surface area contributed by atoms with Gasteiger partial charge in [-0.05, 0) is 12.3 Å². The van der Waals surface area contributed by atoms with Gasteiger partial charge >= 0.3 is 5.97 Å². The van der Waals surface area contributed by atoms with Crippen LogP contribution in [0.4, 0.5) is 0 Å². The van der Waals surface area contributed by atoms with E-state index in [2.05, 4.69) is 13.8 Å². The molecule has 0 aromatic carbocycles. The second-order valence-corrected chi connectivity index (χ2v) is 8.88. The van der Waals surface area contributed by atoms with Crippen molar-refractivity contribution in [1.29, 1.82) is 0 Å². The molecular weight excluding hydrogens is 360 g/mol. The van der Waals surface area contributed by atoms with Gasteiger partial charge in [-0.3, -0.25) is 9.59 Å². The third-order valence-electron chi connectivity index (χ3n) is 4.69. The molecule has 1 aliphatic rings. The molecule has 0 aromatic rings. The summed E-state index contributed by atoms with van der Waals surface area (Å²) in [5, 5.41) is 8.90. The van der Waals surface area contributed by atoms with Crippen molar-refractivity contribution in [3.8, 4) is 0 Å². The number of carbonyl (C=O) groups excluding carboxylic acids is 1. The van der Waals surface area contributed by atoms with E-state index in [1.165, 1.54) is 0 Å². The molecule has 26 heavy (non-hydrogen) atoms. The number of ether oxygens (including phenoxy) is 1. The number of hydrogen-bond donors (Lipinski definition) is 1. The zero-order valence-corrected chi connectivity index (χ0v) is 16.8. The van der Waals surface area contributed by atoms with Gasteiger partial charge in [0.1, 0.15) is 6.54 Å². The van der Waals surface area contributed by atoms with Crippen LogP contribution in [0.15, 0.2) is 0 Å². The predicted octanol–water partition coefficient (Wildman–Crippen LogP) is 1.17. The van der Waals surface area contributed by atoms with Crippen LogP contribution in [0.1, 0.15) is 46.0 Å². The van der Waals surface area contributed by atoms with E-state index >= 15 is 0 Å². The number of amides is 1. The van der Waals surface area contributed by atoms with Crippen LogP contribution in [0.2, 0.25) is 0 Å².